The Morgan fingerprint density at radius 1 is 1.39 bits per heavy atom. The Bertz CT molecular complexity index is 302. The van der Waals surface area contributed by atoms with Crippen molar-refractivity contribution >= 4 is 35.4 Å². The highest BCUT2D eigenvalue weighted by Crippen LogP contribution is 2.26. The Morgan fingerprint density at radius 3 is 2.67 bits per heavy atom. The van der Waals surface area contributed by atoms with Gasteiger partial charge in [0.05, 0.1) is 5.41 Å². The van der Waals surface area contributed by atoms with Crippen LogP contribution in [0, 0.1) is 5.41 Å². The number of carboxylic acids is 1. The Hall–Kier alpha value is -0.360. The first-order valence-corrected chi connectivity index (χ1v) is 8.31. The average molecular weight is 291 g/mol. The number of carboxylic acid groups (broad SMARTS) is 1. The van der Waals surface area contributed by atoms with E-state index in [1.807, 2.05) is 23.5 Å². The van der Waals surface area contributed by atoms with Crippen molar-refractivity contribution in [1.82, 2.24) is 5.32 Å². The van der Waals surface area contributed by atoms with Crippen LogP contribution in [0.3, 0.4) is 0 Å². The lowest BCUT2D eigenvalue weighted by Gasteiger charge is -2.21. The van der Waals surface area contributed by atoms with Crippen molar-refractivity contribution in [3.05, 3.63) is 0 Å². The van der Waals surface area contributed by atoms with E-state index in [9.17, 15) is 9.59 Å². The van der Waals surface area contributed by atoms with E-state index in [0.29, 0.717) is 24.6 Å². The highest BCUT2D eigenvalue weighted by Gasteiger charge is 2.26. The van der Waals surface area contributed by atoms with E-state index in [4.69, 9.17) is 5.11 Å². The van der Waals surface area contributed by atoms with E-state index in [1.54, 1.807) is 13.8 Å². The molecule has 0 aromatic rings. The van der Waals surface area contributed by atoms with E-state index in [2.05, 4.69) is 5.32 Å². The smallest absolute Gasteiger partial charge is 0.309 e. The molecule has 0 radical (unpaired) electrons. The van der Waals surface area contributed by atoms with Crippen LogP contribution in [0.2, 0.25) is 0 Å². The Kier molecular flexibility index (Phi) is 6.35. The van der Waals surface area contributed by atoms with Crippen molar-refractivity contribution < 1.29 is 14.7 Å². The van der Waals surface area contributed by atoms with Gasteiger partial charge in [-0.15, -0.1) is 0 Å². The molecule has 0 spiro atoms. The van der Waals surface area contributed by atoms with Gasteiger partial charge in [0.15, 0.2) is 0 Å². The molecule has 104 valence electrons. The predicted octanol–water partition coefficient (Wildman–Crippen LogP) is 1.84. The van der Waals surface area contributed by atoms with E-state index >= 15 is 0 Å². The number of carbonyl (C=O) groups excluding carboxylic acids is 1. The molecule has 1 rings (SSSR count). The maximum Gasteiger partial charge on any atom is 0.309 e. The molecule has 1 fully saturated rings. The lowest BCUT2D eigenvalue weighted by molar-refractivity contribution is -0.147. The molecule has 0 aromatic carbocycles. The van der Waals surface area contributed by atoms with Crippen LogP contribution >= 0.6 is 23.5 Å². The van der Waals surface area contributed by atoms with Crippen molar-refractivity contribution in [2.75, 3.05) is 23.8 Å². The first kappa shape index (κ1) is 15.7. The molecule has 4 nitrogen and oxygen atoms in total. The van der Waals surface area contributed by atoms with Gasteiger partial charge in [-0.05, 0) is 20.3 Å². The maximum absolute atomic E-state index is 11.7. The van der Waals surface area contributed by atoms with E-state index in [1.165, 1.54) is 5.75 Å². The zero-order chi connectivity index (χ0) is 13.6. The van der Waals surface area contributed by atoms with Crippen molar-refractivity contribution in [2.24, 2.45) is 5.41 Å². The monoisotopic (exact) mass is 291 g/mol. The van der Waals surface area contributed by atoms with Crippen LogP contribution in [0.5, 0.6) is 0 Å². The highest BCUT2D eigenvalue weighted by atomic mass is 32.2. The van der Waals surface area contributed by atoms with Crippen LogP contribution in [0.4, 0.5) is 0 Å². The summed E-state index contributed by atoms with van der Waals surface area (Å²) in [6, 6.07) is 0. The minimum atomic E-state index is -0.823. The summed E-state index contributed by atoms with van der Waals surface area (Å²) < 4.78 is 0. The van der Waals surface area contributed by atoms with Crippen molar-refractivity contribution in [3.8, 4) is 0 Å². The average Bonchev–Trinajstić information content (AvgIpc) is 2.29. The summed E-state index contributed by atoms with van der Waals surface area (Å²) in [5.41, 5.74) is -0.775. The van der Waals surface area contributed by atoms with Gasteiger partial charge in [0, 0.05) is 35.5 Å². The summed E-state index contributed by atoms with van der Waals surface area (Å²) in [4.78, 5) is 22.6. The number of aliphatic carboxylic acids is 1. The lowest BCUT2D eigenvalue weighted by Crippen LogP contribution is -2.33. The number of hydrogen-bond donors (Lipinski definition) is 2. The molecule has 1 saturated heterocycles. The molecule has 18 heavy (non-hydrogen) atoms. The van der Waals surface area contributed by atoms with Crippen LogP contribution in [-0.4, -0.2) is 46.0 Å². The van der Waals surface area contributed by atoms with Gasteiger partial charge in [-0.25, -0.2) is 0 Å². The fourth-order valence-electron chi connectivity index (χ4n) is 1.55. The molecule has 6 heteroatoms. The van der Waals surface area contributed by atoms with Gasteiger partial charge in [0.1, 0.15) is 0 Å². The number of nitrogens with one attached hydrogen (secondary N) is 1. The molecule has 1 heterocycles. The molecule has 1 aliphatic heterocycles. The lowest BCUT2D eigenvalue weighted by atomic mass is 9.90. The van der Waals surface area contributed by atoms with Gasteiger partial charge in [0.25, 0.3) is 0 Å². The van der Waals surface area contributed by atoms with E-state index < -0.39 is 11.4 Å². The third-order valence-electron chi connectivity index (χ3n) is 2.95. The third-order valence-corrected chi connectivity index (χ3v) is 5.79. The Morgan fingerprint density at radius 2 is 2.11 bits per heavy atom. The van der Waals surface area contributed by atoms with Crippen molar-refractivity contribution in [1.29, 1.82) is 0 Å². The van der Waals surface area contributed by atoms with Crippen LogP contribution in [0.25, 0.3) is 0 Å². The Labute approximate surface area is 117 Å². The third kappa shape index (κ3) is 5.52. The minimum absolute atomic E-state index is 0.0381. The zero-order valence-electron chi connectivity index (χ0n) is 10.9. The minimum Gasteiger partial charge on any atom is -0.481 e. The van der Waals surface area contributed by atoms with Gasteiger partial charge in [-0.1, -0.05) is 0 Å². The van der Waals surface area contributed by atoms with Gasteiger partial charge < -0.3 is 10.4 Å². The van der Waals surface area contributed by atoms with Gasteiger partial charge in [-0.3, -0.25) is 9.59 Å². The Balaban J connectivity index is 2.18. The highest BCUT2D eigenvalue weighted by molar-refractivity contribution is 8.06. The first-order chi connectivity index (χ1) is 8.42. The summed E-state index contributed by atoms with van der Waals surface area (Å²) in [5.74, 6) is 2.55. The second kappa shape index (κ2) is 7.28. The summed E-state index contributed by atoms with van der Waals surface area (Å²) in [6.45, 7) is 3.78. The number of rotatable bonds is 6. The molecule has 0 aliphatic carbocycles. The van der Waals surface area contributed by atoms with Crippen LogP contribution in [0.15, 0.2) is 0 Å². The number of thioether (sulfide) groups is 2. The SMILES string of the molecule is CC(C)(CCNC(=O)CC1CSCCS1)C(=O)O. The largest absolute Gasteiger partial charge is 0.481 e. The quantitative estimate of drug-likeness (QED) is 0.781. The first-order valence-electron chi connectivity index (χ1n) is 6.11. The topological polar surface area (TPSA) is 66.4 Å². The standard InChI is InChI=1S/C12H21NO3S2/c1-12(2,11(15)16)3-4-13-10(14)7-9-8-17-5-6-18-9/h9H,3-8H2,1-2H3,(H,13,14)(H,15,16). The molecule has 0 bridgehead atoms. The molecule has 1 atom stereocenters. The normalized spacial score (nSPS) is 20.4. The van der Waals surface area contributed by atoms with Crippen LogP contribution < -0.4 is 5.32 Å². The molecular formula is C12H21NO3S2. The molecule has 1 aliphatic rings. The molecule has 1 amide bonds. The number of hydrogen-bond acceptors (Lipinski definition) is 4. The van der Waals surface area contributed by atoms with Crippen molar-refractivity contribution in [2.45, 2.75) is 31.9 Å². The van der Waals surface area contributed by atoms with Crippen LogP contribution in [-0.2, 0) is 9.59 Å². The van der Waals surface area contributed by atoms with Gasteiger partial charge in [-0.2, -0.15) is 23.5 Å². The molecule has 1 unspecified atom stereocenters. The second-order valence-corrected chi connectivity index (χ2v) is 7.62. The second-order valence-electron chi connectivity index (χ2n) is 5.06. The summed E-state index contributed by atoms with van der Waals surface area (Å²) >= 11 is 3.76. The molecule has 2 N–H and O–H groups in total. The summed E-state index contributed by atoms with van der Waals surface area (Å²) in [6.07, 6.45) is 1.01. The van der Waals surface area contributed by atoms with Gasteiger partial charge >= 0.3 is 5.97 Å². The van der Waals surface area contributed by atoms with Gasteiger partial charge in [0.2, 0.25) is 5.91 Å². The fourth-order valence-corrected chi connectivity index (χ4v) is 4.23. The summed E-state index contributed by atoms with van der Waals surface area (Å²) in [5, 5.41) is 12.2. The number of carbonyl (C=O) groups is 2. The van der Waals surface area contributed by atoms with Crippen molar-refractivity contribution in [3.63, 3.8) is 0 Å². The molecular weight excluding hydrogens is 270 g/mol. The molecule has 0 aromatic heterocycles. The maximum atomic E-state index is 11.7. The fraction of sp³-hybridized carbons (Fsp3) is 0.833. The predicted molar refractivity (Wildman–Crippen MR) is 77.2 cm³/mol. The summed E-state index contributed by atoms with van der Waals surface area (Å²) in [7, 11) is 0. The number of amides is 1. The zero-order valence-corrected chi connectivity index (χ0v) is 12.5. The molecule has 0 saturated carbocycles. The van der Waals surface area contributed by atoms with E-state index in [0.717, 1.165) is 11.5 Å². The van der Waals surface area contributed by atoms with E-state index in [-0.39, 0.29) is 5.91 Å². The van der Waals surface area contributed by atoms with Crippen LogP contribution in [0.1, 0.15) is 26.7 Å².